The van der Waals surface area contributed by atoms with Crippen LogP contribution in [-0.4, -0.2) is 20.9 Å². The van der Waals surface area contributed by atoms with Crippen LogP contribution in [0.15, 0.2) is 36.0 Å². The number of aromatic nitrogens is 3. The largest absolute Gasteiger partial charge is 0.434 e. The van der Waals surface area contributed by atoms with Gasteiger partial charge in [0, 0.05) is 31.1 Å². The van der Waals surface area contributed by atoms with Gasteiger partial charge >= 0.3 is 6.18 Å². The average molecular weight is 326 g/mol. The lowest BCUT2D eigenvalue weighted by Gasteiger charge is -2.04. The topological polar surface area (TPSA) is 42.2 Å². The highest BCUT2D eigenvalue weighted by atomic mass is 32.1. The molecule has 3 heterocycles. The van der Waals surface area contributed by atoms with Crippen molar-refractivity contribution in [2.45, 2.75) is 19.1 Å². The first kappa shape index (κ1) is 15.0. The van der Waals surface area contributed by atoms with Crippen molar-refractivity contribution in [3.05, 3.63) is 52.4 Å². The van der Waals surface area contributed by atoms with E-state index in [1.165, 1.54) is 0 Å². The molecular formula is C14H13F3N4S. The van der Waals surface area contributed by atoms with Crippen LogP contribution in [0.5, 0.6) is 0 Å². The summed E-state index contributed by atoms with van der Waals surface area (Å²) in [6.45, 7) is 1.16. The lowest BCUT2D eigenvalue weighted by molar-refractivity contribution is -0.140. The average Bonchev–Trinajstić information content (AvgIpc) is 3.10. The molecule has 0 radical (unpaired) electrons. The zero-order chi connectivity index (χ0) is 15.6. The van der Waals surface area contributed by atoms with Crippen LogP contribution in [-0.2, 0) is 19.1 Å². The lowest BCUT2D eigenvalue weighted by Crippen LogP contribution is -2.17. The standard InChI is InChI=1S/C14H13F3N4S/c15-14(16,17)11-9-22-13(20-11)4-5-18-7-10-8-19-12-3-1-2-6-21(10)12/h1-3,6,8-9,18H,4-5,7H2. The number of halogens is 3. The summed E-state index contributed by atoms with van der Waals surface area (Å²) in [5.74, 6) is 0. The molecule has 22 heavy (non-hydrogen) atoms. The Morgan fingerprint density at radius 1 is 1.27 bits per heavy atom. The number of pyridine rings is 1. The molecule has 0 unspecified atom stereocenters. The van der Waals surface area contributed by atoms with Gasteiger partial charge in [-0.25, -0.2) is 9.97 Å². The Hall–Kier alpha value is -1.93. The number of nitrogens with one attached hydrogen (secondary N) is 1. The molecule has 0 atom stereocenters. The van der Waals surface area contributed by atoms with Crippen LogP contribution in [0.2, 0.25) is 0 Å². The van der Waals surface area contributed by atoms with E-state index in [2.05, 4.69) is 15.3 Å². The summed E-state index contributed by atoms with van der Waals surface area (Å²) < 4.78 is 39.3. The van der Waals surface area contributed by atoms with Gasteiger partial charge in [0.15, 0.2) is 5.69 Å². The molecule has 0 aliphatic heterocycles. The first-order valence-electron chi connectivity index (χ1n) is 6.67. The molecule has 0 spiro atoms. The summed E-state index contributed by atoms with van der Waals surface area (Å²) in [5.41, 5.74) is 1.06. The number of rotatable bonds is 5. The minimum Gasteiger partial charge on any atom is -0.311 e. The number of hydrogen-bond acceptors (Lipinski definition) is 4. The van der Waals surface area contributed by atoms with Crippen LogP contribution in [0.3, 0.4) is 0 Å². The van der Waals surface area contributed by atoms with Gasteiger partial charge in [-0.05, 0) is 12.1 Å². The van der Waals surface area contributed by atoms with E-state index < -0.39 is 11.9 Å². The van der Waals surface area contributed by atoms with Gasteiger partial charge in [0.05, 0.1) is 16.9 Å². The smallest absolute Gasteiger partial charge is 0.311 e. The predicted molar refractivity (Wildman–Crippen MR) is 77.7 cm³/mol. The van der Waals surface area contributed by atoms with Gasteiger partial charge in [-0.1, -0.05) is 6.07 Å². The summed E-state index contributed by atoms with van der Waals surface area (Å²) >= 11 is 1.04. The van der Waals surface area contributed by atoms with E-state index >= 15 is 0 Å². The van der Waals surface area contributed by atoms with Gasteiger partial charge in [0.25, 0.3) is 0 Å². The molecule has 0 aliphatic carbocycles. The molecule has 0 saturated carbocycles. The number of alkyl halides is 3. The maximum absolute atomic E-state index is 12.4. The van der Waals surface area contributed by atoms with E-state index in [1.54, 1.807) is 6.20 Å². The number of thiazole rings is 1. The van der Waals surface area contributed by atoms with Crippen molar-refractivity contribution in [3.63, 3.8) is 0 Å². The van der Waals surface area contributed by atoms with E-state index in [-0.39, 0.29) is 0 Å². The van der Waals surface area contributed by atoms with Gasteiger partial charge in [-0.3, -0.25) is 0 Å². The molecule has 0 fully saturated rings. The van der Waals surface area contributed by atoms with Crippen molar-refractivity contribution in [2.24, 2.45) is 0 Å². The second kappa shape index (κ2) is 6.05. The van der Waals surface area contributed by atoms with Crippen LogP contribution >= 0.6 is 11.3 Å². The van der Waals surface area contributed by atoms with Crippen molar-refractivity contribution < 1.29 is 13.2 Å². The second-order valence-electron chi connectivity index (χ2n) is 4.73. The van der Waals surface area contributed by atoms with Gasteiger partial charge in [-0.15, -0.1) is 11.3 Å². The molecule has 0 aromatic carbocycles. The van der Waals surface area contributed by atoms with E-state index in [0.29, 0.717) is 24.5 Å². The fraction of sp³-hybridized carbons (Fsp3) is 0.286. The van der Waals surface area contributed by atoms with Crippen molar-refractivity contribution in [2.75, 3.05) is 6.54 Å². The SMILES string of the molecule is FC(F)(F)c1csc(CCNCc2cnc3ccccn23)n1. The zero-order valence-corrected chi connectivity index (χ0v) is 12.3. The fourth-order valence-electron chi connectivity index (χ4n) is 2.08. The van der Waals surface area contributed by atoms with Crippen LogP contribution in [0.25, 0.3) is 5.65 Å². The molecule has 0 aliphatic rings. The van der Waals surface area contributed by atoms with Gasteiger partial charge in [0.1, 0.15) is 5.65 Å². The summed E-state index contributed by atoms with van der Waals surface area (Å²) in [4.78, 5) is 7.88. The quantitative estimate of drug-likeness (QED) is 0.733. The molecule has 3 aromatic rings. The van der Waals surface area contributed by atoms with E-state index in [4.69, 9.17) is 0 Å². The van der Waals surface area contributed by atoms with E-state index in [1.807, 2.05) is 28.8 Å². The molecule has 4 nitrogen and oxygen atoms in total. The molecule has 3 aromatic heterocycles. The number of nitrogens with zero attached hydrogens (tertiary/aromatic N) is 3. The number of imidazole rings is 1. The molecule has 116 valence electrons. The van der Waals surface area contributed by atoms with Gasteiger partial charge in [0.2, 0.25) is 0 Å². The van der Waals surface area contributed by atoms with Crippen molar-refractivity contribution in [3.8, 4) is 0 Å². The predicted octanol–water partition coefficient (Wildman–Crippen LogP) is 3.14. The molecule has 0 bridgehead atoms. The molecule has 3 rings (SSSR count). The molecule has 0 saturated heterocycles. The van der Waals surface area contributed by atoms with Crippen molar-refractivity contribution >= 4 is 17.0 Å². The highest BCUT2D eigenvalue weighted by Gasteiger charge is 2.33. The van der Waals surface area contributed by atoms with E-state index in [0.717, 1.165) is 28.1 Å². The van der Waals surface area contributed by atoms with E-state index in [9.17, 15) is 13.2 Å². The van der Waals surface area contributed by atoms with Crippen molar-refractivity contribution in [1.82, 2.24) is 19.7 Å². The normalized spacial score (nSPS) is 12.1. The Morgan fingerprint density at radius 3 is 2.91 bits per heavy atom. The highest BCUT2D eigenvalue weighted by Crippen LogP contribution is 2.29. The Balaban J connectivity index is 1.52. The third kappa shape index (κ3) is 3.28. The number of hydrogen-bond donors (Lipinski definition) is 1. The summed E-state index contributed by atoms with van der Waals surface area (Å²) in [6, 6.07) is 5.75. The van der Waals surface area contributed by atoms with Crippen molar-refractivity contribution in [1.29, 1.82) is 0 Å². The van der Waals surface area contributed by atoms with Crippen LogP contribution in [0.1, 0.15) is 16.4 Å². The molecule has 1 N–H and O–H groups in total. The van der Waals surface area contributed by atoms with Gasteiger partial charge < -0.3 is 9.72 Å². The minimum absolute atomic E-state index is 0.470. The molecule has 8 heteroatoms. The van der Waals surface area contributed by atoms with Crippen LogP contribution in [0.4, 0.5) is 13.2 Å². The third-order valence-corrected chi connectivity index (χ3v) is 4.07. The summed E-state index contributed by atoms with van der Waals surface area (Å²) in [7, 11) is 0. The summed E-state index contributed by atoms with van der Waals surface area (Å²) in [5, 5.41) is 4.74. The Morgan fingerprint density at radius 2 is 2.14 bits per heavy atom. The Bertz CT molecular complexity index is 763. The highest BCUT2D eigenvalue weighted by molar-refractivity contribution is 7.09. The fourth-order valence-corrected chi connectivity index (χ4v) is 2.89. The van der Waals surface area contributed by atoms with Crippen LogP contribution < -0.4 is 5.32 Å². The first-order valence-corrected chi connectivity index (χ1v) is 7.55. The third-order valence-electron chi connectivity index (χ3n) is 3.16. The maximum atomic E-state index is 12.4. The molecular weight excluding hydrogens is 313 g/mol. The Kier molecular flexibility index (Phi) is 4.12. The summed E-state index contributed by atoms with van der Waals surface area (Å²) in [6.07, 6.45) is -0.181. The first-order chi connectivity index (χ1) is 10.5. The number of fused-ring (bicyclic) bond motifs is 1. The maximum Gasteiger partial charge on any atom is 0.434 e. The minimum atomic E-state index is -4.36. The monoisotopic (exact) mass is 326 g/mol. The van der Waals surface area contributed by atoms with Crippen LogP contribution in [0, 0.1) is 0 Å². The second-order valence-corrected chi connectivity index (χ2v) is 5.67. The lowest BCUT2D eigenvalue weighted by atomic mass is 10.4. The van der Waals surface area contributed by atoms with Gasteiger partial charge in [-0.2, -0.15) is 13.2 Å². The zero-order valence-electron chi connectivity index (χ0n) is 11.5. The molecule has 0 amide bonds. The Labute approximate surface area is 128 Å².